The van der Waals surface area contributed by atoms with Crippen molar-refractivity contribution in [1.82, 2.24) is 10.2 Å². The predicted molar refractivity (Wildman–Crippen MR) is 133 cm³/mol. The second-order valence-corrected chi connectivity index (χ2v) is 10.1. The van der Waals surface area contributed by atoms with Crippen LogP contribution in [0.2, 0.25) is 0 Å². The van der Waals surface area contributed by atoms with Crippen LogP contribution in [0.4, 0.5) is 11.4 Å². The molecule has 3 aromatic carbocycles. The molecule has 10 heteroatoms. The molecule has 2 unspecified atom stereocenters. The number of rotatable bonds is 8. The van der Waals surface area contributed by atoms with Gasteiger partial charge in [0.25, 0.3) is 21.6 Å². The van der Waals surface area contributed by atoms with Crippen LogP contribution >= 0.6 is 0 Å². The van der Waals surface area contributed by atoms with E-state index in [4.69, 9.17) is 0 Å². The van der Waals surface area contributed by atoms with Crippen LogP contribution in [0.15, 0.2) is 83.8 Å². The van der Waals surface area contributed by atoms with E-state index in [0.717, 1.165) is 19.0 Å². The lowest BCUT2D eigenvalue weighted by Gasteiger charge is -2.25. The van der Waals surface area contributed by atoms with E-state index in [9.17, 15) is 23.3 Å². The number of sulfonamides is 1. The Labute approximate surface area is 204 Å². The van der Waals surface area contributed by atoms with Gasteiger partial charge in [-0.2, -0.15) is 0 Å². The van der Waals surface area contributed by atoms with Crippen molar-refractivity contribution in [3.05, 3.63) is 100 Å². The van der Waals surface area contributed by atoms with E-state index in [1.165, 1.54) is 29.8 Å². The number of nitro benzene ring substituents is 1. The first-order chi connectivity index (χ1) is 16.7. The number of nitrogens with zero attached hydrogens (tertiary/aromatic N) is 2. The fourth-order valence-corrected chi connectivity index (χ4v) is 5.32. The predicted octanol–water partition coefficient (Wildman–Crippen LogP) is 3.96. The number of carbonyl (C=O) groups is 1. The van der Waals surface area contributed by atoms with Crippen molar-refractivity contribution in [3.63, 3.8) is 0 Å². The van der Waals surface area contributed by atoms with E-state index >= 15 is 0 Å². The average molecular weight is 495 g/mol. The summed E-state index contributed by atoms with van der Waals surface area (Å²) in [6, 6.07) is 21.3. The van der Waals surface area contributed by atoms with Crippen molar-refractivity contribution in [3.8, 4) is 0 Å². The summed E-state index contributed by atoms with van der Waals surface area (Å²) in [6.07, 6.45) is 0.782. The van der Waals surface area contributed by atoms with Crippen LogP contribution in [0.5, 0.6) is 0 Å². The first-order valence-electron chi connectivity index (χ1n) is 11.2. The molecule has 0 spiro atoms. The number of para-hydroxylation sites is 1. The molecule has 1 heterocycles. The third kappa shape index (κ3) is 5.67. The number of non-ortho nitro benzene ring substituents is 1. The van der Waals surface area contributed by atoms with Gasteiger partial charge in [-0.05, 0) is 37.1 Å². The fraction of sp³-hybridized carbons (Fsp3) is 0.240. The molecule has 1 saturated heterocycles. The first kappa shape index (κ1) is 24.4. The Bertz CT molecular complexity index is 1330. The molecule has 0 radical (unpaired) electrons. The van der Waals surface area contributed by atoms with Gasteiger partial charge in [-0.25, -0.2) is 8.42 Å². The van der Waals surface area contributed by atoms with Crippen molar-refractivity contribution >= 4 is 27.3 Å². The molecule has 182 valence electrons. The first-order valence-corrected chi connectivity index (χ1v) is 12.7. The monoisotopic (exact) mass is 494 g/mol. The maximum Gasteiger partial charge on any atom is 0.270 e. The molecule has 3 aromatic rings. The summed E-state index contributed by atoms with van der Waals surface area (Å²) < 4.78 is 28.2. The minimum atomic E-state index is -4.15. The van der Waals surface area contributed by atoms with Crippen molar-refractivity contribution in [1.29, 1.82) is 0 Å². The number of hydrogen-bond acceptors (Lipinski definition) is 6. The van der Waals surface area contributed by atoms with Crippen molar-refractivity contribution in [2.24, 2.45) is 0 Å². The van der Waals surface area contributed by atoms with Gasteiger partial charge in [-0.1, -0.05) is 48.5 Å². The summed E-state index contributed by atoms with van der Waals surface area (Å²) >= 11 is 0. The van der Waals surface area contributed by atoms with Crippen molar-refractivity contribution in [2.75, 3.05) is 17.8 Å². The average Bonchev–Trinajstić information content (AvgIpc) is 3.32. The summed E-state index contributed by atoms with van der Waals surface area (Å²) in [5, 5.41) is 14.0. The van der Waals surface area contributed by atoms with Gasteiger partial charge in [0.05, 0.1) is 21.1 Å². The standard InChI is InChI=1S/C25H26N4O5S/c1-18(19-8-3-2-4-9-19)28-15-14-20(17-28)26-25(30)23-12-5-6-13-24(23)27-35(33,34)22-11-7-10-21(16-22)29(31)32/h2-13,16,18,20,27H,14-15,17H2,1H3,(H,26,30). The van der Waals surface area contributed by atoms with Crippen LogP contribution in [0.1, 0.15) is 35.3 Å². The van der Waals surface area contributed by atoms with Gasteiger partial charge in [0, 0.05) is 37.3 Å². The molecule has 1 aliphatic rings. The van der Waals surface area contributed by atoms with E-state index in [1.807, 2.05) is 18.2 Å². The van der Waals surface area contributed by atoms with Gasteiger partial charge in [0.15, 0.2) is 0 Å². The summed E-state index contributed by atoms with van der Waals surface area (Å²) in [5.74, 6) is -0.387. The topological polar surface area (TPSA) is 122 Å². The lowest BCUT2D eigenvalue weighted by atomic mass is 10.1. The van der Waals surface area contributed by atoms with Crippen molar-refractivity contribution < 1.29 is 18.1 Å². The number of benzene rings is 3. The summed E-state index contributed by atoms with van der Waals surface area (Å²) in [4.78, 5) is 25.5. The Hall–Kier alpha value is -3.76. The molecule has 9 nitrogen and oxygen atoms in total. The van der Waals surface area contributed by atoms with Crippen LogP contribution in [-0.4, -0.2) is 43.3 Å². The van der Waals surface area contributed by atoms with Gasteiger partial charge in [0.2, 0.25) is 0 Å². The zero-order chi connectivity index (χ0) is 25.0. The van der Waals surface area contributed by atoms with Crippen molar-refractivity contribution in [2.45, 2.75) is 30.3 Å². The molecule has 2 atom stereocenters. The number of carbonyl (C=O) groups excluding carboxylic acids is 1. The highest BCUT2D eigenvalue weighted by atomic mass is 32.2. The quantitative estimate of drug-likeness (QED) is 0.361. The van der Waals surface area contributed by atoms with Crippen LogP contribution in [-0.2, 0) is 10.0 Å². The normalized spacial score (nSPS) is 17.0. The third-order valence-corrected chi connectivity index (χ3v) is 7.50. The fourth-order valence-electron chi connectivity index (χ4n) is 4.20. The van der Waals surface area contributed by atoms with Crippen LogP contribution in [0.25, 0.3) is 0 Å². The Morgan fingerprint density at radius 1 is 1.06 bits per heavy atom. The number of anilines is 1. The van der Waals surface area contributed by atoms with Gasteiger partial charge in [-0.3, -0.25) is 24.5 Å². The van der Waals surface area contributed by atoms with Gasteiger partial charge in [0.1, 0.15) is 0 Å². The maximum absolute atomic E-state index is 13.1. The Kier molecular flexibility index (Phi) is 7.13. The Balaban J connectivity index is 1.46. The second-order valence-electron chi connectivity index (χ2n) is 8.45. The molecule has 0 aliphatic carbocycles. The van der Waals surface area contributed by atoms with E-state index in [-0.39, 0.29) is 39.8 Å². The molecule has 4 rings (SSSR count). The SMILES string of the molecule is CC(c1ccccc1)N1CCC(NC(=O)c2ccccc2NS(=O)(=O)c2cccc([N+](=O)[O-])c2)C1. The Morgan fingerprint density at radius 2 is 1.77 bits per heavy atom. The molecule has 35 heavy (non-hydrogen) atoms. The molecule has 0 bridgehead atoms. The van der Waals surface area contributed by atoms with Gasteiger partial charge < -0.3 is 5.32 Å². The number of nitro groups is 1. The van der Waals surface area contributed by atoms with Crippen LogP contribution in [0.3, 0.4) is 0 Å². The molecule has 2 N–H and O–H groups in total. The molecule has 1 amide bonds. The van der Waals surface area contributed by atoms with E-state index in [1.54, 1.807) is 18.2 Å². The van der Waals surface area contributed by atoms with Gasteiger partial charge >= 0.3 is 0 Å². The van der Waals surface area contributed by atoms with Gasteiger partial charge in [-0.15, -0.1) is 0 Å². The summed E-state index contributed by atoms with van der Waals surface area (Å²) in [6.45, 7) is 3.66. The third-order valence-electron chi connectivity index (χ3n) is 6.14. The van der Waals surface area contributed by atoms with E-state index < -0.39 is 14.9 Å². The summed E-state index contributed by atoms with van der Waals surface area (Å²) in [7, 11) is -4.15. The second kappa shape index (κ2) is 10.2. The number of hydrogen-bond donors (Lipinski definition) is 2. The molecule has 0 aromatic heterocycles. The minimum absolute atomic E-state index is 0.0740. The number of amides is 1. The zero-order valence-electron chi connectivity index (χ0n) is 19.1. The smallest absolute Gasteiger partial charge is 0.270 e. The largest absolute Gasteiger partial charge is 0.348 e. The number of nitrogens with one attached hydrogen (secondary N) is 2. The molecule has 0 saturated carbocycles. The van der Waals surface area contributed by atoms with Crippen LogP contribution < -0.4 is 10.0 Å². The summed E-state index contributed by atoms with van der Waals surface area (Å²) in [5.41, 5.74) is 1.15. The highest BCUT2D eigenvalue weighted by Gasteiger charge is 2.29. The lowest BCUT2D eigenvalue weighted by molar-refractivity contribution is -0.385. The van der Waals surface area contributed by atoms with E-state index in [2.05, 4.69) is 34.0 Å². The minimum Gasteiger partial charge on any atom is -0.348 e. The molecule has 1 fully saturated rings. The number of likely N-dealkylation sites (tertiary alicyclic amines) is 1. The highest BCUT2D eigenvalue weighted by Crippen LogP contribution is 2.26. The van der Waals surface area contributed by atoms with Crippen LogP contribution in [0, 0.1) is 10.1 Å². The molecular formula is C25H26N4O5S. The Morgan fingerprint density at radius 3 is 2.51 bits per heavy atom. The highest BCUT2D eigenvalue weighted by molar-refractivity contribution is 7.92. The van der Waals surface area contributed by atoms with E-state index in [0.29, 0.717) is 6.54 Å². The zero-order valence-corrected chi connectivity index (χ0v) is 19.9. The maximum atomic E-state index is 13.1. The molecule has 1 aliphatic heterocycles. The molecular weight excluding hydrogens is 468 g/mol. The lowest BCUT2D eigenvalue weighted by Crippen LogP contribution is -2.38.